The van der Waals surface area contributed by atoms with Crippen LogP contribution in [0.2, 0.25) is 0 Å². The van der Waals surface area contributed by atoms with Crippen molar-refractivity contribution in [1.82, 2.24) is 0 Å². The van der Waals surface area contributed by atoms with E-state index < -0.39 is 23.7 Å². The molecule has 0 aliphatic heterocycles. The number of hydrogen-bond donors (Lipinski definition) is 2. The zero-order chi connectivity index (χ0) is 24.9. The van der Waals surface area contributed by atoms with E-state index in [0.717, 1.165) is 34.4 Å². The number of nitrogens with one attached hydrogen (secondary N) is 1. The van der Waals surface area contributed by atoms with Gasteiger partial charge in [-0.2, -0.15) is 0 Å². The van der Waals surface area contributed by atoms with Crippen LogP contribution >= 0.6 is 11.3 Å². The molecule has 1 aromatic heterocycles. The number of aryl methyl sites for hydroxylation is 1. The molecule has 6 nitrogen and oxygen atoms in total. The number of benzene rings is 1. The van der Waals surface area contributed by atoms with Crippen molar-refractivity contribution in [3.05, 3.63) is 51.4 Å². The Morgan fingerprint density at radius 2 is 1.65 bits per heavy atom. The number of primary amides is 1. The van der Waals surface area contributed by atoms with Crippen LogP contribution in [0.4, 0.5) is 5.00 Å². The van der Waals surface area contributed by atoms with Gasteiger partial charge in [-0.05, 0) is 62.5 Å². The van der Waals surface area contributed by atoms with Crippen molar-refractivity contribution in [2.24, 2.45) is 29.4 Å². The summed E-state index contributed by atoms with van der Waals surface area (Å²) in [6.45, 7) is 10.1. The molecule has 4 unspecified atom stereocenters. The quantitative estimate of drug-likeness (QED) is 0.603. The fourth-order valence-corrected chi connectivity index (χ4v) is 7.12. The number of anilines is 1. The molecule has 2 aliphatic carbocycles. The van der Waals surface area contributed by atoms with Crippen LogP contribution in [0.5, 0.6) is 0 Å². The molecule has 2 aliphatic rings. The van der Waals surface area contributed by atoms with Gasteiger partial charge >= 0.3 is 0 Å². The lowest BCUT2D eigenvalue weighted by molar-refractivity contribution is -0.314. The van der Waals surface area contributed by atoms with Crippen LogP contribution < -0.4 is 16.2 Å². The fourth-order valence-electron chi connectivity index (χ4n) is 6.04. The van der Waals surface area contributed by atoms with E-state index >= 15 is 0 Å². The third kappa shape index (κ3) is 3.96. The van der Waals surface area contributed by atoms with Crippen LogP contribution in [0.1, 0.15) is 67.3 Å². The van der Waals surface area contributed by atoms with Crippen molar-refractivity contribution >= 4 is 34.1 Å². The highest BCUT2D eigenvalue weighted by Crippen LogP contribution is 2.57. The van der Waals surface area contributed by atoms with Crippen molar-refractivity contribution in [2.45, 2.75) is 53.4 Å². The average Bonchev–Trinajstić information content (AvgIpc) is 3.42. The predicted molar refractivity (Wildman–Crippen MR) is 132 cm³/mol. The molecule has 1 aromatic carbocycles. The highest BCUT2D eigenvalue weighted by atomic mass is 32.1. The second kappa shape index (κ2) is 9.02. The van der Waals surface area contributed by atoms with Crippen LogP contribution in [0.25, 0.3) is 11.1 Å². The molecule has 7 heteroatoms. The van der Waals surface area contributed by atoms with E-state index in [1.54, 1.807) is 0 Å². The van der Waals surface area contributed by atoms with E-state index in [0.29, 0.717) is 16.5 Å². The maximum atomic E-state index is 13.5. The Morgan fingerprint density at radius 1 is 1.06 bits per heavy atom. The van der Waals surface area contributed by atoms with Crippen molar-refractivity contribution in [2.75, 3.05) is 5.32 Å². The van der Waals surface area contributed by atoms with Crippen LogP contribution in [-0.2, 0) is 9.59 Å². The molecular weight excluding hydrogens is 448 g/mol. The maximum Gasteiger partial charge on any atom is 0.252 e. The van der Waals surface area contributed by atoms with Crippen molar-refractivity contribution < 1.29 is 19.5 Å². The first-order chi connectivity index (χ1) is 16.0. The van der Waals surface area contributed by atoms with Gasteiger partial charge in [0.1, 0.15) is 5.00 Å². The third-order valence-corrected chi connectivity index (χ3v) is 8.45. The molecule has 180 valence electrons. The number of carboxylic acid groups (broad SMARTS) is 1. The van der Waals surface area contributed by atoms with Crippen LogP contribution in [0.15, 0.2) is 35.4 Å². The van der Waals surface area contributed by atoms with Gasteiger partial charge in [0, 0.05) is 22.3 Å². The fraction of sp³-hybridized carbons (Fsp3) is 0.444. The smallest absolute Gasteiger partial charge is 0.252 e. The SMILES string of the molecule is CC(C)=C1C2CCC1C(C(=O)Nc1sc(C)c(-c3ccc(C(C)C)cc3)c1C(N)=O)C2C(=O)[O-]. The van der Waals surface area contributed by atoms with E-state index in [9.17, 15) is 19.5 Å². The summed E-state index contributed by atoms with van der Waals surface area (Å²) in [5.41, 5.74) is 10.9. The number of rotatable bonds is 6. The van der Waals surface area contributed by atoms with Crippen LogP contribution in [0.3, 0.4) is 0 Å². The van der Waals surface area contributed by atoms with E-state index in [1.807, 2.05) is 45.0 Å². The molecule has 2 saturated carbocycles. The first-order valence-corrected chi connectivity index (χ1v) is 12.6. The van der Waals surface area contributed by atoms with E-state index in [1.165, 1.54) is 16.9 Å². The second-order valence-electron chi connectivity index (χ2n) is 9.98. The van der Waals surface area contributed by atoms with Gasteiger partial charge in [0.15, 0.2) is 0 Å². The minimum absolute atomic E-state index is 0.112. The molecule has 2 amide bonds. The number of carbonyl (C=O) groups excluding carboxylic acids is 3. The first kappa shape index (κ1) is 24.2. The number of fused-ring (bicyclic) bond motifs is 2. The highest BCUT2D eigenvalue weighted by molar-refractivity contribution is 7.17. The number of amides is 2. The van der Waals surface area contributed by atoms with Crippen molar-refractivity contribution in [3.8, 4) is 11.1 Å². The molecule has 4 atom stereocenters. The van der Waals surface area contributed by atoms with Gasteiger partial charge in [0.05, 0.1) is 11.5 Å². The molecule has 4 rings (SSSR count). The van der Waals surface area contributed by atoms with Gasteiger partial charge in [-0.15, -0.1) is 11.3 Å². The highest BCUT2D eigenvalue weighted by Gasteiger charge is 2.54. The number of allylic oxidation sites excluding steroid dienone is 2. The number of hydrogen-bond acceptors (Lipinski definition) is 5. The number of carboxylic acids is 1. The molecule has 0 saturated heterocycles. The van der Waals surface area contributed by atoms with E-state index in [-0.39, 0.29) is 23.3 Å². The standard InChI is InChI=1S/C27H32N2O4S/c1-12(2)15-6-8-16(9-7-15)20-14(5)34-26(23(20)24(28)30)29-25(31)21-17-10-11-18(19(17)13(3)4)22(21)27(32)33/h6-9,12,17-18,21-22H,10-11H2,1-5H3,(H2,28,30)(H,29,31)(H,32,33)/p-1. The van der Waals surface area contributed by atoms with Gasteiger partial charge in [0.25, 0.3) is 5.91 Å². The number of carbonyl (C=O) groups is 3. The van der Waals surface area contributed by atoms with Gasteiger partial charge < -0.3 is 21.0 Å². The van der Waals surface area contributed by atoms with E-state index in [2.05, 4.69) is 19.2 Å². The predicted octanol–water partition coefficient (Wildman–Crippen LogP) is 4.24. The van der Waals surface area contributed by atoms with Crippen molar-refractivity contribution in [1.29, 1.82) is 0 Å². The summed E-state index contributed by atoms with van der Waals surface area (Å²) in [6.07, 6.45) is 1.54. The molecule has 2 fully saturated rings. The lowest BCUT2D eigenvalue weighted by Crippen LogP contribution is -2.44. The zero-order valence-corrected chi connectivity index (χ0v) is 21.0. The average molecular weight is 480 g/mol. The molecule has 2 aromatic rings. The zero-order valence-electron chi connectivity index (χ0n) is 20.2. The molecular formula is C27H31N2O4S-. The van der Waals surface area contributed by atoms with Crippen LogP contribution in [-0.4, -0.2) is 17.8 Å². The van der Waals surface area contributed by atoms with E-state index in [4.69, 9.17) is 5.73 Å². The normalized spacial score (nSPS) is 23.4. The van der Waals surface area contributed by atoms with Crippen molar-refractivity contribution in [3.63, 3.8) is 0 Å². The Labute approximate surface area is 204 Å². The second-order valence-corrected chi connectivity index (χ2v) is 11.2. The molecule has 0 spiro atoms. The number of thiophene rings is 1. The Kier molecular flexibility index (Phi) is 6.42. The molecule has 0 radical (unpaired) electrons. The Morgan fingerprint density at radius 3 is 2.15 bits per heavy atom. The Bertz CT molecular complexity index is 1190. The topological polar surface area (TPSA) is 112 Å². The van der Waals surface area contributed by atoms with Gasteiger partial charge in [-0.25, -0.2) is 0 Å². The minimum atomic E-state index is -1.19. The maximum absolute atomic E-state index is 13.5. The minimum Gasteiger partial charge on any atom is -0.550 e. The summed E-state index contributed by atoms with van der Waals surface area (Å²) >= 11 is 1.29. The molecule has 3 N–H and O–H groups in total. The molecule has 2 bridgehead atoms. The van der Waals surface area contributed by atoms with Gasteiger partial charge in [-0.3, -0.25) is 9.59 Å². The molecule has 34 heavy (non-hydrogen) atoms. The Hall–Kier alpha value is -2.93. The summed E-state index contributed by atoms with van der Waals surface area (Å²) < 4.78 is 0. The number of aliphatic carboxylic acids is 1. The summed E-state index contributed by atoms with van der Waals surface area (Å²) in [5, 5.41) is 15.3. The molecule has 1 heterocycles. The van der Waals surface area contributed by atoms with Gasteiger partial charge in [-0.1, -0.05) is 49.3 Å². The lowest BCUT2D eigenvalue weighted by Gasteiger charge is -2.30. The summed E-state index contributed by atoms with van der Waals surface area (Å²) in [5.74, 6) is -3.66. The summed E-state index contributed by atoms with van der Waals surface area (Å²) in [4.78, 5) is 38.9. The van der Waals surface area contributed by atoms with Crippen LogP contribution in [0, 0.1) is 30.6 Å². The number of nitrogens with two attached hydrogens (primary N) is 1. The lowest BCUT2D eigenvalue weighted by atomic mass is 9.78. The third-order valence-electron chi connectivity index (χ3n) is 7.43. The largest absolute Gasteiger partial charge is 0.550 e. The Balaban J connectivity index is 1.70. The summed E-state index contributed by atoms with van der Waals surface area (Å²) in [6, 6.07) is 7.98. The first-order valence-electron chi connectivity index (χ1n) is 11.7. The van der Waals surface area contributed by atoms with Gasteiger partial charge in [0.2, 0.25) is 5.91 Å². The monoisotopic (exact) mass is 479 g/mol. The summed E-state index contributed by atoms with van der Waals surface area (Å²) in [7, 11) is 0.